The summed E-state index contributed by atoms with van der Waals surface area (Å²) in [5.74, 6) is -0.767. The van der Waals surface area contributed by atoms with Crippen molar-refractivity contribution in [3.63, 3.8) is 0 Å². The van der Waals surface area contributed by atoms with E-state index in [9.17, 15) is 17.6 Å². The van der Waals surface area contributed by atoms with Crippen molar-refractivity contribution in [3.05, 3.63) is 84.2 Å². The van der Waals surface area contributed by atoms with Crippen molar-refractivity contribution in [3.8, 4) is 21.7 Å². The molecule has 0 aliphatic rings. The number of thiazole rings is 1. The zero-order valence-corrected chi connectivity index (χ0v) is 20.0. The molecule has 1 aromatic heterocycles. The van der Waals surface area contributed by atoms with Gasteiger partial charge in [0.05, 0.1) is 27.6 Å². The van der Waals surface area contributed by atoms with Crippen LogP contribution in [0, 0.1) is 5.82 Å². The second-order valence-corrected chi connectivity index (χ2v) is 10.4. The van der Waals surface area contributed by atoms with Crippen molar-refractivity contribution in [1.29, 1.82) is 0 Å². The van der Waals surface area contributed by atoms with Crippen LogP contribution < -0.4 is 5.32 Å². The van der Waals surface area contributed by atoms with Crippen LogP contribution in [0.3, 0.4) is 0 Å². The van der Waals surface area contributed by atoms with Crippen LogP contribution in [0.1, 0.15) is 17.3 Å². The van der Waals surface area contributed by atoms with Gasteiger partial charge in [-0.3, -0.25) is 0 Å². The summed E-state index contributed by atoms with van der Waals surface area (Å²) in [6.07, 6.45) is 1.16. The molecule has 3 aromatic carbocycles. The van der Waals surface area contributed by atoms with Crippen molar-refractivity contribution in [2.24, 2.45) is 0 Å². The predicted octanol–water partition coefficient (Wildman–Crippen LogP) is 5.94. The zero-order valence-electron chi connectivity index (χ0n) is 18.4. The maximum absolute atomic E-state index is 13.5. The van der Waals surface area contributed by atoms with Crippen LogP contribution in [-0.2, 0) is 14.6 Å². The summed E-state index contributed by atoms with van der Waals surface area (Å²) in [5, 5.41) is 3.78. The van der Waals surface area contributed by atoms with Gasteiger partial charge in [-0.05, 0) is 67.1 Å². The zero-order chi connectivity index (χ0) is 24.3. The Hall–Kier alpha value is -3.56. The van der Waals surface area contributed by atoms with E-state index in [2.05, 4.69) is 5.32 Å². The van der Waals surface area contributed by atoms with Crippen molar-refractivity contribution in [1.82, 2.24) is 4.98 Å². The Bertz CT molecular complexity index is 1430. The summed E-state index contributed by atoms with van der Waals surface area (Å²) in [6, 6.07) is 19.5. The maximum atomic E-state index is 13.5. The van der Waals surface area contributed by atoms with Crippen molar-refractivity contribution in [2.45, 2.75) is 11.8 Å². The highest BCUT2D eigenvalue weighted by atomic mass is 32.2. The Morgan fingerprint density at radius 1 is 1.03 bits per heavy atom. The largest absolute Gasteiger partial charge is 0.462 e. The molecule has 0 unspecified atom stereocenters. The highest BCUT2D eigenvalue weighted by molar-refractivity contribution is 7.90. The number of aromatic nitrogens is 1. The lowest BCUT2D eigenvalue weighted by Gasteiger charge is -2.05. The molecule has 4 aromatic rings. The van der Waals surface area contributed by atoms with Gasteiger partial charge in [0.15, 0.2) is 15.0 Å². The maximum Gasteiger partial charge on any atom is 0.338 e. The van der Waals surface area contributed by atoms with E-state index in [-0.39, 0.29) is 17.3 Å². The first-order valence-corrected chi connectivity index (χ1v) is 13.1. The molecular weight excluding hydrogens is 475 g/mol. The molecule has 0 atom stereocenters. The van der Waals surface area contributed by atoms with Gasteiger partial charge >= 0.3 is 5.97 Å². The summed E-state index contributed by atoms with van der Waals surface area (Å²) in [5.41, 5.74) is 3.19. The normalized spacial score (nSPS) is 11.3. The highest BCUT2D eigenvalue weighted by Gasteiger charge is 2.17. The molecule has 0 saturated heterocycles. The third kappa shape index (κ3) is 5.32. The number of carbonyl (C=O) groups excluding carboxylic acids is 1. The second-order valence-electron chi connectivity index (χ2n) is 7.43. The first-order chi connectivity index (χ1) is 16.2. The Balaban J connectivity index is 1.73. The smallest absolute Gasteiger partial charge is 0.338 e. The van der Waals surface area contributed by atoms with Crippen molar-refractivity contribution < 1.29 is 22.3 Å². The minimum absolute atomic E-state index is 0.221. The molecule has 0 fully saturated rings. The van der Waals surface area contributed by atoms with Gasteiger partial charge in [-0.1, -0.05) is 29.5 Å². The fraction of sp³-hybridized carbons (Fsp3) is 0.120. The third-order valence-electron chi connectivity index (χ3n) is 4.91. The number of esters is 1. The first kappa shape index (κ1) is 23.6. The Kier molecular flexibility index (Phi) is 6.76. The summed E-state index contributed by atoms with van der Waals surface area (Å²) in [4.78, 5) is 17.8. The fourth-order valence-corrected chi connectivity index (χ4v) is 4.93. The van der Waals surface area contributed by atoms with Gasteiger partial charge < -0.3 is 10.1 Å². The lowest BCUT2D eigenvalue weighted by Crippen LogP contribution is -2.04. The van der Waals surface area contributed by atoms with E-state index in [4.69, 9.17) is 9.72 Å². The molecule has 4 rings (SSSR count). The molecule has 0 aliphatic heterocycles. The van der Waals surface area contributed by atoms with Crippen LogP contribution in [-0.4, -0.2) is 32.2 Å². The Labute approximate surface area is 201 Å². The molecule has 34 heavy (non-hydrogen) atoms. The summed E-state index contributed by atoms with van der Waals surface area (Å²) in [7, 11) is -3.32. The third-order valence-corrected chi connectivity index (χ3v) is 7.06. The van der Waals surface area contributed by atoms with Gasteiger partial charge in [0.1, 0.15) is 5.82 Å². The van der Waals surface area contributed by atoms with E-state index in [0.29, 0.717) is 27.6 Å². The summed E-state index contributed by atoms with van der Waals surface area (Å²) < 4.78 is 42.2. The molecule has 0 amide bonds. The molecule has 0 radical (unpaired) electrons. The van der Waals surface area contributed by atoms with E-state index in [0.717, 1.165) is 16.7 Å². The van der Waals surface area contributed by atoms with Gasteiger partial charge in [-0.25, -0.2) is 22.6 Å². The van der Waals surface area contributed by atoms with Crippen LogP contribution in [0.25, 0.3) is 21.7 Å². The topological polar surface area (TPSA) is 85.4 Å². The van der Waals surface area contributed by atoms with Gasteiger partial charge in [0.25, 0.3) is 0 Å². The van der Waals surface area contributed by atoms with Gasteiger partial charge in [-0.15, -0.1) is 0 Å². The number of hydrogen-bond donors (Lipinski definition) is 1. The number of anilines is 2. The standard InChI is InChI=1S/C25H21FN2O4S2/c1-3-32-24(29)18-5-4-6-20(15-18)27-25-28-22(16-7-11-19(26)12-8-16)23(33-25)17-9-13-21(14-10-17)34(2,30)31/h4-15H,3H2,1-2H3,(H,27,28). The first-order valence-electron chi connectivity index (χ1n) is 10.4. The van der Waals surface area contributed by atoms with E-state index < -0.39 is 15.8 Å². The van der Waals surface area contributed by atoms with Crippen LogP contribution >= 0.6 is 11.3 Å². The van der Waals surface area contributed by atoms with Crippen LogP contribution in [0.5, 0.6) is 0 Å². The summed E-state index contributed by atoms with van der Waals surface area (Å²) >= 11 is 1.36. The minimum Gasteiger partial charge on any atom is -0.462 e. The average molecular weight is 497 g/mol. The quantitative estimate of drug-likeness (QED) is 0.319. The highest BCUT2D eigenvalue weighted by Crippen LogP contribution is 2.40. The number of sulfone groups is 1. The number of benzene rings is 3. The van der Waals surface area contributed by atoms with Crippen LogP contribution in [0.15, 0.2) is 77.7 Å². The monoisotopic (exact) mass is 496 g/mol. The minimum atomic E-state index is -3.32. The van der Waals surface area contributed by atoms with Crippen LogP contribution in [0.2, 0.25) is 0 Å². The van der Waals surface area contributed by atoms with Crippen LogP contribution in [0.4, 0.5) is 15.2 Å². The predicted molar refractivity (Wildman–Crippen MR) is 132 cm³/mol. The number of hydrogen-bond acceptors (Lipinski definition) is 7. The SMILES string of the molecule is CCOC(=O)c1cccc(Nc2nc(-c3ccc(F)cc3)c(-c3ccc(S(C)(=O)=O)cc3)s2)c1. The Morgan fingerprint density at radius 2 is 1.71 bits per heavy atom. The number of halogens is 1. The van der Waals surface area contributed by atoms with E-state index >= 15 is 0 Å². The van der Waals surface area contributed by atoms with Gasteiger partial charge in [0, 0.05) is 17.5 Å². The van der Waals surface area contributed by atoms with E-state index in [1.165, 1.54) is 23.5 Å². The van der Waals surface area contributed by atoms with Crippen molar-refractivity contribution >= 4 is 38.0 Å². The molecule has 174 valence electrons. The van der Waals surface area contributed by atoms with Gasteiger partial charge in [0.2, 0.25) is 0 Å². The summed E-state index contributed by atoms with van der Waals surface area (Å²) in [6.45, 7) is 2.03. The molecule has 0 saturated carbocycles. The molecule has 0 aliphatic carbocycles. The van der Waals surface area contributed by atoms with E-state index in [1.54, 1.807) is 61.5 Å². The molecule has 1 N–H and O–H groups in total. The van der Waals surface area contributed by atoms with E-state index in [1.807, 2.05) is 6.07 Å². The second kappa shape index (κ2) is 9.74. The molecular formula is C25H21FN2O4S2. The number of rotatable bonds is 7. The fourth-order valence-electron chi connectivity index (χ4n) is 3.29. The van der Waals surface area contributed by atoms with Gasteiger partial charge in [-0.2, -0.15) is 0 Å². The average Bonchev–Trinajstić information content (AvgIpc) is 3.23. The lowest BCUT2D eigenvalue weighted by atomic mass is 10.1. The number of carbonyl (C=O) groups is 1. The number of ether oxygens (including phenoxy) is 1. The molecule has 9 heteroatoms. The molecule has 0 bridgehead atoms. The molecule has 1 heterocycles. The number of nitrogens with zero attached hydrogens (tertiary/aromatic N) is 1. The molecule has 6 nitrogen and oxygen atoms in total. The number of nitrogens with one attached hydrogen (secondary N) is 1. The Morgan fingerprint density at radius 3 is 2.35 bits per heavy atom. The van der Waals surface area contributed by atoms with Crippen molar-refractivity contribution in [2.75, 3.05) is 18.2 Å². The lowest BCUT2D eigenvalue weighted by molar-refractivity contribution is 0.0526. The molecule has 0 spiro atoms.